The van der Waals surface area contributed by atoms with Gasteiger partial charge in [-0.05, 0) is 54.7 Å². The minimum Gasteiger partial charge on any atom is -0.303 e. The van der Waals surface area contributed by atoms with Crippen LogP contribution in [0.1, 0.15) is 42.5 Å². The quantitative estimate of drug-likeness (QED) is 0.790. The molecule has 0 radical (unpaired) electrons. The van der Waals surface area contributed by atoms with Crippen molar-refractivity contribution in [2.24, 2.45) is 0 Å². The van der Waals surface area contributed by atoms with Gasteiger partial charge < -0.3 is 5.32 Å². The van der Waals surface area contributed by atoms with Crippen molar-refractivity contribution in [3.63, 3.8) is 0 Å². The van der Waals surface area contributed by atoms with E-state index in [1.54, 1.807) is 6.20 Å². The number of pyridine rings is 3. The van der Waals surface area contributed by atoms with Gasteiger partial charge in [0.15, 0.2) is 0 Å². The number of aromatic nitrogens is 3. The lowest BCUT2D eigenvalue weighted by Crippen LogP contribution is -2.30. The third-order valence-corrected chi connectivity index (χ3v) is 4.62. The summed E-state index contributed by atoms with van der Waals surface area (Å²) >= 11 is 0. The number of piperidine rings is 1. The highest BCUT2D eigenvalue weighted by Crippen LogP contribution is 2.32. The van der Waals surface area contributed by atoms with E-state index in [4.69, 9.17) is 0 Å². The third kappa shape index (κ3) is 3.19. The van der Waals surface area contributed by atoms with Crippen LogP contribution < -0.4 is 5.32 Å². The molecule has 2 atom stereocenters. The Morgan fingerprint density at radius 1 is 0.792 bits per heavy atom. The molecule has 0 saturated carbocycles. The van der Waals surface area contributed by atoms with Crippen molar-refractivity contribution in [2.45, 2.75) is 31.3 Å². The lowest BCUT2D eigenvalue weighted by atomic mass is 9.91. The molecular weight excluding hydrogens is 296 g/mol. The molecule has 0 aromatic carbocycles. The Bertz CT molecular complexity index is 772. The molecule has 4 heteroatoms. The molecule has 3 aromatic heterocycles. The summed E-state index contributed by atoms with van der Waals surface area (Å²) in [5.41, 5.74) is 4.53. The van der Waals surface area contributed by atoms with Gasteiger partial charge in [-0.25, -0.2) is 0 Å². The summed E-state index contributed by atoms with van der Waals surface area (Å²) in [7, 11) is 0. The smallest absolute Gasteiger partial charge is 0.0717 e. The fourth-order valence-electron chi connectivity index (χ4n) is 3.34. The summed E-state index contributed by atoms with van der Waals surface area (Å²) in [6.45, 7) is 0. The second-order valence-electron chi connectivity index (χ2n) is 6.21. The van der Waals surface area contributed by atoms with E-state index in [-0.39, 0.29) is 0 Å². The molecule has 4 heterocycles. The monoisotopic (exact) mass is 316 g/mol. The summed E-state index contributed by atoms with van der Waals surface area (Å²) in [4.78, 5) is 13.0. The first kappa shape index (κ1) is 15.0. The van der Waals surface area contributed by atoms with E-state index in [1.165, 1.54) is 17.5 Å². The van der Waals surface area contributed by atoms with Crippen molar-refractivity contribution in [1.82, 2.24) is 20.3 Å². The van der Waals surface area contributed by atoms with Gasteiger partial charge in [0.25, 0.3) is 0 Å². The number of hydrogen-bond acceptors (Lipinski definition) is 4. The molecule has 1 aliphatic heterocycles. The second kappa shape index (κ2) is 6.89. The molecule has 2 unspecified atom stereocenters. The Morgan fingerprint density at radius 2 is 1.54 bits per heavy atom. The van der Waals surface area contributed by atoms with Gasteiger partial charge in [-0.2, -0.15) is 0 Å². The lowest BCUT2D eigenvalue weighted by Gasteiger charge is -2.31. The SMILES string of the molecule is c1cncc(-c2ccc(C3CCCC(c4cccnc4)N3)cn2)c1. The van der Waals surface area contributed by atoms with Crippen LogP contribution in [0.4, 0.5) is 0 Å². The van der Waals surface area contributed by atoms with E-state index in [9.17, 15) is 0 Å². The Labute approximate surface area is 142 Å². The van der Waals surface area contributed by atoms with E-state index >= 15 is 0 Å². The van der Waals surface area contributed by atoms with Crippen LogP contribution >= 0.6 is 0 Å². The van der Waals surface area contributed by atoms with Crippen LogP contribution in [0.2, 0.25) is 0 Å². The van der Waals surface area contributed by atoms with Gasteiger partial charge in [-0.1, -0.05) is 12.1 Å². The first-order valence-corrected chi connectivity index (χ1v) is 8.42. The Morgan fingerprint density at radius 3 is 2.17 bits per heavy atom. The zero-order valence-electron chi connectivity index (χ0n) is 13.5. The van der Waals surface area contributed by atoms with Crippen molar-refractivity contribution in [3.8, 4) is 11.3 Å². The molecule has 3 aromatic rings. The molecule has 1 fully saturated rings. The van der Waals surface area contributed by atoms with Gasteiger partial charge in [0.2, 0.25) is 0 Å². The standard InChI is InChI=1S/C20H20N4/c1-6-19(16-5-3-11-22-13-16)24-20(7-1)17-8-9-18(23-14-17)15-4-2-10-21-12-15/h2-5,8-14,19-20,24H,1,6-7H2. The van der Waals surface area contributed by atoms with E-state index in [2.05, 4.69) is 38.5 Å². The van der Waals surface area contributed by atoms with Crippen molar-refractivity contribution >= 4 is 0 Å². The molecule has 0 aliphatic carbocycles. The molecule has 1 aliphatic rings. The Kier molecular flexibility index (Phi) is 4.30. The van der Waals surface area contributed by atoms with Crippen LogP contribution in [0.5, 0.6) is 0 Å². The van der Waals surface area contributed by atoms with Gasteiger partial charge >= 0.3 is 0 Å². The average Bonchev–Trinajstić information content (AvgIpc) is 2.70. The van der Waals surface area contributed by atoms with Crippen LogP contribution in [0.15, 0.2) is 67.4 Å². The summed E-state index contributed by atoms with van der Waals surface area (Å²) in [6.07, 6.45) is 12.9. The first-order chi connectivity index (χ1) is 11.9. The van der Waals surface area contributed by atoms with Gasteiger partial charge in [0, 0.05) is 48.6 Å². The van der Waals surface area contributed by atoms with E-state index in [0.29, 0.717) is 12.1 Å². The van der Waals surface area contributed by atoms with Crippen LogP contribution in [0, 0.1) is 0 Å². The molecule has 0 spiro atoms. The molecule has 24 heavy (non-hydrogen) atoms. The topological polar surface area (TPSA) is 50.7 Å². The van der Waals surface area contributed by atoms with Crippen molar-refractivity contribution in [1.29, 1.82) is 0 Å². The molecule has 0 bridgehead atoms. The minimum absolute atomic E-state index is 0.347. The van der Waals surface area contributed by atoms with Crippen molar-refractivity contribution in [2.75, 3.05) is 0 Å². The van der Waals surface area contributed by atoms with Gasteiger partial charge in [0.05, 0.1) is 5.69 Å². The molecule has 1 saturated heterocycles. The van der Waals surface area contributed by atoms with Crippen LogP contribution in [0.25, 0.3) is 11.3 Å². The normalized spacial score (nSPS) is 20.7. The second-order valence-corrected chi connectivity index (χ2v) is 6.21. The highest BCUT2D eigenvalue weighted by molar-refractivity contribution is 5.57. The summed E-state index contributed by atoms with van der Waals surface area (Å²) in [5, 5.41) is 3.75. The van der Waals surface area contributed by atoms with Crippen LogP contribution in [0.3, 0.4) is 0 Å². The average molecular weight is 316 g/mol. The largest absolute Gasteiger partial charge is 0.303 e. The fourth-order valence-corrected chi connectivity index (χ4v) is 3.34. The van der Waals surface area contributed by atoms with Crippen molar-refractivity contribution in [3.05, 3.63) is 78.5 Å². The van der Waals surface area contributed by atoms with Gasteiger partial charge in [0.1, 0.15) is 0 Å². The Hall–Kier alpha value is -2.59. The maximum Gasteiger partial charge on any atom is 0.0717 e. The number of hydrogen-bond donors (Lipinski definition) is 1. The molecular formula is C20H20N4. The predicted octanol–water partition coefficient (Wildman–Crippen LogP) is 4.09. The van der Waals surface area contributed by atoms with Crippen molar-refractivity contribution < 1.29 is 0 Å². The van der Waals surface area contributed by atoms with E-state index in [0.717, 1.165) is 24.1 Å². The highest BCUT2D eigenvalue weighted by Gasteiger charge is 2.23. The van der Waals surface area contributed by atoms with Crippen LogP contribution in [-0.2, 0) is 0 Å². The number of nitrogens with one attached hydrogen (secondary N) is 1. The maximum absolute atomic E-state index is 4.63. The van der Waals surface area contributed by atoms with Crippen LogP contribution in [-0.4, -0.2) is 15.0 Å². The zero-order valence-corrected chi connectivity index (χ0v) is 13.5. The van der Waals surface area contributed by atoms with Gasteiger partial charge in [-0.15, -0.1) is 0 Å². The minimum atomic E-state index is 0.347. The number of rotatable bonds is 3. The fraction of sp³-hybridized carbons (Fsp3) is 0.250. The molecule has 4 rings (SSSR count). The summed E-state index contributed by atoms with van der Waals surface area (Å²) < 4.78 is 0. The van der Waals surface area contributed by atoms with Gasteiger partial charge in [-0.3, -0.25) is 15.0 Å². The lowest BCUT2D eigenvalue weighted by molar-refractivity contribution is 0.329. The first-order valence-electron chi connectivity index (χ1n) is 8.42. The molecule has 120 valence electrons. The molecule has 0 amide bonds. The third-order valence-electron chi connectivity index (χ3n) is 4.62. The maximum atomic E-state index is 4.63. The zero-order chi connectivity index (χ0) is 16.2. The highest BCUT2D eigenvalue weighted by atomic mass is 15.0. The van der Waals surface area contributed by atoms with E-state index < -0.39 is 0 Å². The number of nitrogens with zero attached hydrogens (tertiary/aromatic N) is 3. The summed E-state index contributed by atoms with van der Waals surface area (Å²) in [6, 6.07) is 13.1. The predicted molar refractivity (Wildman–Crippen MR) is 94.2 cm³/mol. The molecule has 4 nitrogen and oxygen atoms in total. The Balaban J connectivity index is 1.51. The van der Waals surface area contributed by atoms with E-state index in [1.807, 2.05) is 43.0 Å². The summed E-state index contributed by atoms with van der Waals surface area (Å²) in [5.74, 6) is 0. The molecule has 1 N–H and O–H groups in total.